The number of amides is 1. The molecule has 8 heteroatoms. The Hall–Kier alpha value is -3.13. The molecule has 30 heavy (non-hydrogen) atoms. The van der Waals surface area contributed by atoms with Crippen molar-refractivity contribution in [3.63, 3.8) is 0 Å². The summed E-state index contributed by atoms with van der Waals surface area (Å²) in [6, 6.07) is 16.3. The molecular weight excluding hydrogens is 450 g/mol. The van der Waals surface area contributed by atoms with Crippen LogP contribution in [0.5, 0.6) is 11.5 Å². The molecule has 1 N–H and O–H groups in total. The Morgan fingerprint density at radius 1 is 1.03 bits per heavy atom. The van der Waals surface area contributed by atoms with Crippen molar-refractivity contribution in [3.8, 4) is 22.8 Å². The summed E-state index contributed by atoms with van der Waals surface area (Å²) in [4.78, 5) is 24.4. The minimum Gasteiger partial charge on any atom is -0.493 e. The third-order valence-corrected chi connectivity index (χ3v) is 5.01. The molecule has 0 saturated heterocycles. The third kappa shape index (κ3) is 5.48. The number of nitrogens with zero attached hydrogens (tertiary/aromatic N) is 2. The second-order valence-electron chi connectivity index (χ2n) is 6.51. The highest BCUT2D eigenvalue weighted by Crippen LogP contribution is 2.27. The Morgan fingerprint density at radius 3 is 2.47 bits per heavy atom. The fourth-order valence-electron chi connectivity index (χ4n) is 2.91. The van der Waals surface area contributed by atoms with Crippen LogP contribution in [0.2, 0.25) is 0 Å². The van der Waals surface area contributed by atoms with Crippen LogP contribution in [0.25, 0.3) is 11.3 Å². The second kappa shape index (κ2) is 10.1. The topological polar surface area (TPSA) is 82.5 Å². The zero-order valence-corrected chi connectivity index (χ0v) is 18.3. The SMILES string of the molecule is COc1ccc(CCNC(=O)Cn2nc(-c3ccc(Br)cc3)ccc2=O)cc1OC. The van der Waals surface area contributed by atoms with Gasteiger partial charge in [-0.15, -0.1) is 0 Å². The molecule has 7 nitrogen and oxygen atoms in total. The van der Waals surface area contributed by atoms with Crippen LogP contribution < -0.4 is 20.3 Å². The van der Waals surface area contributed by atoms with Gasteiger partial charge in [-0.2, -0.15) is 5.10 Å². The summed E-state index contributed by atoms with van der Waals surface area (Å²) < 4.78 is 12.6. The van der Waals surface area contributed by atoms with Crippen molar-refractivity contribution in [1.29, 1.82) is 0 Å². The summed E-state index contributed by atoms with van der Waals surface area (Å²) >= 11 is 3.39. The van der Waals surface area contributed by atoms with Gasteiger partial charge in [0.1, 0.15) is 6.54 Å². The number of benzene rings is 2. The van der Waals surface area contributed by atoms with Crippen molar-refractivity contribution in [2.24, 2.45) is 0 Å². The maximum Gasteiger partial charge on any atom is 0.267 e. The largest absolute Gasteiger partial charge is 0.493 e. The van der Waals surface area contributed by atoms with Crippen LogP contribution in [-0.4, -0.2) is 36.5 Å². The van der Waals surface area contributed by atoms with Crippen molar-refractivity contribution in [3.05, 3.63) is 75.0 Å². The van der Waals surface area contributed by atoms with Gasteiger partial charge in [0.15, 0.2) is 11.5 Å². The molecule has 0 saturated carbocycles. The summed E-state index contributed by atoms with van der Waals surface area (Å²) in [7, 11) is 3.16. The first kappa shape index (κ1) is 21.6. The van der Waals surface area contributed by atoms with E-state index in [0.717, 1.165) is 15.6 Å². The molecule has 0 radical (unpaired) electrons. The summed E-state index contributed by atoms with van der Waals surface area (Å²) in [5.41, 5.74) is 2.16. The van der Waals surface area contributed by atoms with E-state index in [4.69, 9.17) is 9.47 Å². The lowest BCUT2D eigenvalue weighted by molar-refractivity contribution is -0.121. The first-order chi connectivity index (χ1) is 14.5. The molecule has 156 valence electrons. The van der Waals surface area contributed by atoms with Gasteiger partial charge in [-0.25, -0.2) is 4.68 Å². The zero-order chi connectivity index (χ0) is 21.5. The fourth-order valence-corrected chi connectivity index (χ4v) is 3.18. The third-order valence-electron chi connectivity index (χ3n) is 4.48. The molecule has 1 heterocycles. The lowest BCUT2D eigenvalue weighted by atomic mass is 10.1. The van der Waals surface area contributed by atoms with E-state index < -0.39 is 0 Å². The van der Waals surface area contributed by atoms with Crippen molar-refractivity contribution < 1.29 is 14.3 Å². The van der Waals surface area contributed by atoms with Crippen LogP contribution in [0.3, 0.4) is 0 Å². The average molecular weight is 472 g/mol. The van der Waals surface area contributed by atoms with Crippen molar-refractivity contribution in [2.45, 2.75) is 13.0 Å². The number of carbonyl (C=O) groups excluding carboxylic acids is 1. The van der Waals surface area contributed by atoms with Gasteiger partial charge < -0.3 is 14.8 Å². The van der Waals surface area contributed by atoms with Crippen molar-refractivity contribution in [1.82, 2.24) is 15.1 Å². The summed E-state index contributed by atoms with van der Waals surface area (Å²) in [6.07, 6.45) is 0.618. The standard InChI is InChI=1S/C22H22BrN3O4/c1-29-19-9-3-15(13-20(19)30-2)11-12-24-21(27)14-26-22(28)10-8-18(25-26)16-4-6-17(23)7-5-16/h3-10,13H,11-12,14H2,1-2H3,(H,24,27). The molecule has 0 aliphatic rings. The number of nitrogens with one attached hydrogen (secondary N) is 1. The summed E-state index contributed by atoms with van der Waals surface area (Å²) in [6.45, 7) is 0.282. The first-order valence-corrected chi connectivity index (χ1v) is 10.1. The molecular formula is C22H22BrN3O4. The zero-order valence-electron chi connectivity index (χ0n) is 16.7. The number of hydrogen-bond donors (Lipinski definition) is 1. The van der Waals surface area contributed by atoms with Crippen molar-refractivity contribution >= 4 is 21.8 Å². The molecule has 0 aliphatic heterocycles. The Morgan fingerprint density at radius 2 is 1.77 bits per heavy atom. The Balaban J connectivity index is 1.60. The number of carbonyl (C=O) groups is 1. The van der Waals surface area contributed by atoms with Crippen LogP contribution >= 0.6 is 15.9 Å². The van der Waals surface area contributed by atoms with Crippen LogP contribution in [0.1, 0.15) is 5.56 Å². The maximum atomic E-state index is 12.3. The lowest BCUT2D eigenvalue weighted by Gasteiger charge is -2.11. The van der Waals surface area contributed by atoms with Gasteiger partial charge >= 0.3 is 0 Å². The van der Waals surface area contributed by atoms with Crippen LogP contribution in [0.4, 0.5) is 0 Å². The molecule has 0 spiro atoms. The molecule has 0 atom stereocenters. The normalized spacial score (nSPS) is 10.5. The number of halogens is 1. The molecule has 0 fully saturated rings. The number of hydrogen-bond acceptors (Lipinski definition) is 5. The van der Waals surface area contributed by atoms with E-state index in [2.05, 4.69) is 26.3 Å². The predicted octanol–water partition coefficient (Wildman–Crippen LogP) is 3.05. The van der Waals surface area contributed by atoms with E-state index in [0.29, 0.717) is 30.2 Å². The van der Waals surface area contributed by atoms with Gasteiger partial charge in [0.25, 0.3) is 5.56 Å². The Bertz CT molecular complexity index is 1080. The van der Waals surface area contributed by atoms with Crippen LogP contribution in [0, 0.1) is 0 Å². The molecule has 3 aromatic rings. The smallest absolute Gasteiger partial charge is 0.267 e. The van der Waals surface area contributed by atoms with Crippen LogP contribution in [0.15, 0.2) is 63.9 Å². The van der Waals surface area contributed by atoms with Gasteiger partial charge in [-0.3, -0.25) is 9.59 Å². The maximum absolute atomic E-state index is 12.3. The predicted molar refractivity (Wildman–Crippen MR) is 118 cm³/mol. The number of aromatic nitrogens is 2. The minimum atomic E-state index is -0.328. The first-order valence-electron chi connectivity index (χ1n) is 9.32. The summed E-state index contributed by atoms with van der Waals surface area (Å²) in [5.74, 6) is 1.02. The summed E-state index contributed by atoms with van der Waals surface area (Å²) in [5, 5.41) is 7.14. The quantitative estimate of drug-likeness (QED) is 0.545. The monoisotopic (exact) mass is 471 g/mol. The van der Waals surface area contributed by atoms with Crippen molar-refractivity contribution in [2.75, 3.05) is 20.8 Å². The van der Waals surface area contributed by atoms with E-state index in [-0.39, 0.29) is 18.0 Å². The highest BCUT2D eigenvalue weighted by atomic mass is 79.9. The van der Waals surface area contributed by atoms with Gasteiger partial charge in [-0.1, -0.05) is 34.1 Å². The average Bonchev–Trinajstić information content (AvgIpc) is 2.75. The molecule has 1 amide bonds. The lowest BCUT2D eigenvalue weighted by Crippen LogP contribution is -2.34. The molecule has 0 aliphatic carbocycles. The van der Waals surface area contributed by atoms with E-state index >= 15 is 0 Å². The second-order valence-corrected chi connectivity index (χ2v) is 7.43. The van der Waals surface area contributed by atoms with Gasteiger partial charge in [0.05, 0.1) is 19.9 Å². The van der Waals surface area contributed by atoms with E-state index in [1.54, 1.807) is 20.3 Å². The highest BCUT2D eigenvalue weighted by Gasteiger charge is 2.09. The van der Waals surface area contributed by atoms with E-state index in [1.807, 2.05) is 42.5 Å². The number of ether oxygens (including phenoxy) is 2. The van der Waals surface area contributed by atoms with Gasteiger partial charge in [0.2, 0.25) is 5.91 Å². The molecule has 2 aromatic carbocycles. The molecule has 0 bridgehead atoms. The van der Waals surface area contributed by atoms with Crippen LogP contribution in [-0.2, 0) is 17.8 Å². The Kier molecular flexibility index (Phi) is 7.24. The molecule has 1 aromatic heterocycles. The van der Waals surface area contributed by atoms with Gasteiger partial charge in [-0.05, 0) is 42.3 Å². The van der Waals surface area contributed by atoms with Gasteiger partial charge in [0, 0.05) is 22.6 Å². The minimum absolute atomic E-state index is 0.144. The Labute approximate surface area is 182 Å². The van der Waals surface area contributed by atoms with E-state index in [9.17, 15) is 9.59 Å². The number of methoxy groups -OCH3 is 2. The number of rotatable bonds is 8. The van der Waals surface area contributed by atoms with E-state index in [1.165, 1.54) is 10.7 Å². The molecule has 0 unspecified atom stereocenters. The molecule has 3 rings (SSSR count). The highest BCUT2D eigenvalue weighted by molar-refractivity contribution is 9.10. The fraction of sp³-hybridized carbons (Fsp3) is 0.227.